The third-order valence-corrected chi connectivity index (χ3v) is 6.37. The highest BCUT2D eigenvalue weighted by Gasteiger charge is 2.40. The fraction of sp³-hybridized carbons (Fsp3) is 0.619. The van der Waals surface area contributed by atoms with E-state index in [1.165, 1.54) is 25.3 Å². The first-order valence-corrected chi connectivity index (χ1v) is 9.89. The van der Waals surface area contributed by atoms with Crippen molar-refractivity contribution in [1.29, 1.82) is 0 Å². The molecule has 3 heterocycles. The van der Waals surface area contributed by atoms with Crippen LogP contribution in [-0.4, -0.2) is 50.9 Å². The molecule has 3 aliphatic rings. The number of ether oxygens (including phenoxy) is 4. The first-order valence-electron chi connectivity index (χ1n) is 9.89. The van der Waals surface area contributed by atoms with Gasteiger partial charge in [0.25, 0.3) is 0 Å². The maximum absolute atomic E-state index is 12.0. The number of benzene rings is 1. The lowest BCUT2D eigenvalue weighted by molar-refractivity contribution is -0.143. The zero-order valence-electron chi connectivity index (χ0n) is 16.4. The Morgan fingerprint density at radius 2 is 2.04 bits per heavy atom. The monoisotopic (exact) mass is 391 g/mol. The highest BCUT2D eigenvalue weighted by atomic mass is 16.8. The van der Waals surface area contributed by atoms with Gasteiger partial charge >= 0.3 is 11.9 Å². The van der Waals surface area contributed by atoms with Gasteiger partial charge in [0.2, 0.25) is 6.79 Å². The highest BCUT2D eigenvalue weighted by Crippen LogP contribution is 2.47. The molecule has 0 radical (unpaired) electrons. The predicted molar refractivity (Wildman–Crippen MR) is 100 cm³/mol. The Balaban J connectivity index is 1.56. The average Bonchev–Trinajstić information content (AvgIpc) is 3.17. The smallest absolute Gasteiger partial charge is 0.305 e. The van der Waals surface area contributed by atoms with Gasteiger partial charge in [-0.05, 0) is 54.4 Å². The van der Waals surface area contributed by atoms with E-state index < -0.39 is 0 Å². The second-order valence-corrected chi connectivity index (χ2v) is 7.82. The fourth-order valence-corrected chi connectivity index (χ4v) is 4.85. The molecule has 152 valence electrons. The minimum atomic E-state index is -0.198. The summed E-state index contributed by atoms with van der Waals surface area (Å²) in [4.78, 5) is 26.1. The van der Waals surface area contributed by atoms with Crippen LogP contribution < -0.4 is 9.47 Å². The molecule has 3 atom stereocenters. The van der Waals surface area contributed by atoms with Crippen molar-refractivity contribution in [2.75, 3.05) is 34.1 Å². The van der Waals surface area contributed by atoms with Crippen LogP contribution in [-0.2, 0) is 25.5 Å². The van der Waals surface area contributed by atoms with Crippen molar-refractivity contribution < 1.29 is 28.5 Å². The van der Waals surface area contributed by atoms with Crippen LogP contribution in [0.5, 0.6) is 11.5 Å². The quantitative estimate of drug-likeness (QED) is 0.714. The molecule has 0 unspecified atom stereocenters. The van der Waals surface area contributed by atoms with Crippen molar-refractivity contribution in [1.82, 2.24) is 4.90 Å². The number of piperidine rings is 1. The lowest BCUT2D eigenvalue weighted by Gasteiger charge is -2.47. The van der Waals surface area contributed by atoms with Gasteiger partial charge in [0.1, 0.15) is 0 Å². The Morgan fingerprint density at radius 3 is 2.79 bits per heavy atom. The minimum absolute atomic E-state index is 0.176. The molecular weight excluding hydrogens is 364 g/mol. The van der Waals surface area contributed by atoms with Crippen molar-refractivity contribution in [2.45, 2.75) is 38.1 Å². The molecule has 7 heteroatoms. The van der Waals surface area contributed by atoms with Crippen LogP contribution in [0.2, 0.25) is 0 Å². The lowest BCUT2D eigenvalue weighted by Crippen LogP contribution is -2.46. The maximum Gasteiger partial charge on any atom is 0.305 e. The molecule has 1 fully saturated rings. The van der Waals surface area contributed by atoms with E-state index in [1.54, 1.807) is 0 Å². The molecule has 0 bridgehead atoms. The summed E-state index contributed by atoms with van der Waals surface area (Å²) in [7, 11) is 2.84. The van der Waals surface area contributed by atoms with E-state index in [0.717, 1.165) is 43.9 Å². The summed E-state index contributed by atoms with van der Waals surface area (Å²) in [6.07, 6.45) is 3.33. The van der Waals surface area contributed by atoms with Crippen molar-refractivity contribution in [3.8, 4) is 11.5 Å². The van der Waals surface area contributed by atoms with E-state index >= 15 is 0 Å². The standard InChI is InChI=1S/C21H27NO6/c1-25-20(23)4-3-14-11-22-6-5-13-8-18-19(28-12-27-18)10-16(13)17(22)7-15(14)9-21(24)26-2/h8,10,14-15,17H,3-7,9,11-12H2,1-2H3/t14-,15-,17+/m1/s1/i21+2. The number of hydrogen-bond acceptors (Lipinski definition) is 7. The SMILES string of the molecule is COC(=O)CC[C@@H]1CN2CCc3cc4c(cc3[C@@H]2C[C@@H]1C[14C](=O)OC)OCO4. The Labute approximate surface area is 164 Å². The van der Waals surface area contributed by atoms with Gasteiger partial charge in [-0.15, -0.1) is 0 Å². The topological polar surface area (TPSA) is 74.3 Å². The maximum atomic E-state index is 12.0. The van der Waals surface area contributed by atoms with E-state index in [-0.39, 0.29) is 36.6 Å². The number of fused-ring (bicyclic) bond motifs is 4. The summed E-state index contributed by atoms with van der Waals surface area (Å²) < 4.78 is 20.9. The fourth-order valence-electron chi connectivity index (χ4n) is 4.85. The Bertz CT molecular complexity index is 764. The zero-order valence-corrected chi connectivity index (χ0v) is 16.4. The van der Waals surface area contributed by atoms with Crippen molar-refractivity contribution >= 4 is 11.9 Å². The van der Waals surface area contributed by atoms with Crippen LogP contribution in [0.4, 0.5) is 0 Å². The molecule has 7 nitrogen and oxygen atoms in total. The molecule has 1 aromatic carbocycles. The third kappa shape index (κ3) is 3.68. The second kappa shape index (κ2) is 7.99. The summed E-state index contributed by atoms with van der Waals surface area (Å²) >= 11 is 0. The zero-order chi connectivity index (χ0) is 19.7. The molecule has 0 aliphatic carbocycles. The van der Waals surface area contributed by atoms with Gasteiger partial charge in [-0.3, -0.25) is 14.5 Å². The van der Waals surface area contributed by atoms with Crippen LogP contribution in [0.3, 0.4) is 0 Å². The normalized spacial score (nSPS) is 25.6. The first-order chi connectivity index (χ1) is 13.6. The van der Waals surface area contributed by atoms with Crippen molar-refractivity contribution in [3.63, 3.8) is 0 Å². The van der Waals surface area contributed by atoms with Crippen molar-refractivity contribution in [2.24, 2.45) is 11.8 Å². The largest absolute Gasteiger partial charge is 0.469 e. The van der Waals surface area contributed by atoms with Gasteiger partial charge in [0.05, 0.1) is 14.2 Å². The Kier molecular flexibility index (Phi) is 5.44. The van der Waals surface area contributed by atoms with Gasteiger partial charge in [-0.2, -0.15) is 0 Å². The van der Waals surface area contributed by atoms with Gasteiger partial charge in [0, 0.05) is 32.0 Å². The van der Waals surface area contributed by atoms with Crippen LogP contribution in [0.25, 0.3) is 0 Å². The number of hydrogen-bond donors (Lipinski definition) is 0. The molecule has 3 aliphatic heterocycles. The van der Waals surface area contributed by atoms with Gasteiger partial charge in [-0.1, -0.05) is 0 Å². The van der Waals surface area contributed by atoms with Crippen LogP contribution in [0, 0.1) is 11.8 Å². The molecule has 1 saturated heterocycles. The minimum Gasteiger partial charge on any atom is -0.469 e. The molecule has 0 spiro atoms. The number of carbonyl (C=O) groups is 2. The molecule has 1 aromatic rings. The van der Waals surface area contributed by atoms with Crippen molar-refractivity contribution in [3.05, 3.63) is 23.3 Å². The van der Waals surface area contributed by atoms with E-state index in [2.05, 4.69) is 17.0 Å². The summed E-state index contributed by atoms with van der Waals surface area (Å²) in [5.41, 5.74) is 2.58. The van der Waals surface area contributed by atoms with Crippen LogP contribution in [0.1, 0.15) is 42.9 Å². The predicted octanol–water partition coefficient (Wildman–Crippen LogP) is 2.47. The summed E-state index contributed by atoms with van der Waals surface area (Å²) in [6.45, 7) is 2.11. The summed E-state index contributed by atoms with van der Waals surface area (Å²) in [5, 5.41) is 0. The molecule has 0 saturated carbocycles. The van der Waals surface area contributed by atoms with Gasteiger partial charge in [-0.25, -0.2) is 0 Å². The van der Waals surface area contributed by atoms with Crippen LogP contribution >= 0.6 is 0 Å². The number of rotatable bonds is 5. The summed E-state index contributed by atoms with van der Waals surface area (Å²) in [6, 6.07) is 4.47. The Morgan fingerprint density at radius 1 is 1.25 bits per heavy atom. The van der Waals surface area contributed by atoms with E-state index in [9.17, 15) is 9.59 Å². The highest BCUT2D eigenvalue weighted by molar-refractivity contribution is 5.70. The van der Waals surface area contributed by atoms with Gasteiger partial charge in [0.15, 0.2) is 11.5 Å². The number of carbonyl (C=O) groups excluding carboxylic acids is 2. The number of nitrogens with zero attached hydrogens (tertiary/aromatic N) is 1. The lowest BCUT2D eigenvalue weighted by atomic mass is 9.75. The first kappa shape index (κ1) is 19.1. The number of esters is 2. The third-order valence-electron chi connectivity index (χ3n) is 6.37. The van der Waals surface area contributed by atoms with Gasteiger partial charge < -0.3 is 18.9 Å². The Hall–Kier alpha value is -2.28. The molecule has 4 rings (SSSR count). The average molecular weight is 391 g/mol. The van der Waals surface area contributed by atoms with E-state index in [4.69, 9.17) is 18.9 Å². The van der Waals surface area contributed by atoms with Crippen LogP contribution in [0.15, 0.2) is 12.1 Å². The summed E-state index contributed by atoms with van der Waals surface area (Å²) in [5.74, 6) is 1.68. The molecule has 0 aromatic heterocycles. The molecule has 28 heavy (non-hydrogen) atoms. The number of methoxy groups -OCH3 is 2. The van der Waals surface area contributed by atoms with E-state index in [0.29, 0.717) is 12.8 Å². The molecule has 0 amide bonds. The second-order valence-electron chi connectivity index (χ2n) is 7.82. The molecule has 0 N–H and O–H groups in total. The van der Waals surface area contributed by atoms with E-state index in [1.807, 2.05) is 0 Å². The molecular formula is C21H27NO6.